The smallest absolute Gasteiger partial charge is 0.304 e. The number of halogens is 1. The van der Waals surface area contributed by atoms with Gasteiger partial charge in [0, 0.05) is 9.86 Å². The SMILES string of the molecule is Cc1cc(C)cc(OC(C)C(=O)N=Nc2c(O)[nH]c3ccc(Br)cc23)c1. The van der Waals surface area contributed by atoms with E-state index in [9.17, 15) is 9.90 Å². The van der Waals surface area contributed by atoms with Gasteiger partial charge in [-0.2, -0.15) is 0 Å². The number of aromatic hydroxyl groups is 1. The molecular weight excluding hydrogens is 398 g/mol. The predicted molar refractivity (Wildman–Crippen MR) is 103 cm³/mol. The van der Waals surface area contributed by atoms with Gasteiger partial charge in [-0.25, -0.2) is 0 Å². The molecule has 1 aromatic heterocycles. The van der Waals surface area contributed by atoms with Crippen molar-refractivity contribution in [2.45, 2.75) is 26.9 Å². The summed E-state index contributed by atoms with van der Waals surface area (Å²) in [5.41, 5.74) is 3.02. The van der Waals surface area contributed by atoms with Crippen LogP contribution in [0.5, 0.6) is 11.6 Å². The summed E-state index contributed by atoms with van der Waals surface area (Å²) < 4.78 is 6.50. The molecule has 1 unspecified atom stereocenters. The highest BCUT2D eigenvalue weighted by atomic mass is 79.9. The number of hydrogen-bond acceptors (Lipinski definition) is 4. The van der Waals surface area contributed by atoms with E-state index in [-0.39, 0.29) is 11.6 Å². The van der Waals surface area contributed by atoms with Crippen molar-refractivity contribution < 1.29 is 14.6 Å². The van der Waals surface area contributed by atoms with Crippen molar-refractivity contribution in [1.29, 1.82) is 0 Å². The van der Waals surface area contributed by atoms with Crippen molar-refractivity contribution in [3.8, 4) is 11.6 Å². The molecule has 0 bridgehead atoms. The van der Waals surface area contributed by atoms with Gasteiger partial charge in [0.05, 0.1) is 5.52 Å². The Morgan fingerprint density at radius 2 is 1.88 bits per heavy atom. The van der Waals surface area contributed by atoms with Crippen LogP contribution in [0.15, 0.2) is 51.1 Å². The number of carbonyl (C=O) groups is 1. The Balaban J connectivity index is 1.79. The molecule has 0 saturated heterocycles. The fourth-order valence-corrected chi connectivity index (χ4v) is 3.03. The number of amides is 1. The Morgan fingerprint density at radius 1 is 1.19 bits per heavy atom. The van der Waals surface area contributed by atoms with Crippen LogP contribution in [0.3, 0.4) is 0 Å². The van der Waals surface area contributed by atoms with Crippen LogP contribution in [-0.4, -0.2) is 22.1 Å². The number of azo groups is 1. The van der Waals surface area contributed by atoms with E-state index in [1.807, 2.05) is 38.1 Å². The largest absolute Gasteiger partial charge is 0.493 e. The van der Waals surface area contributed by atoms with Gasteiger partial charge >= 0.3 is 5.91 Å². The van der Waals surface area contributed by atoms with Crippen molar-refractivity contribution in [1.82, 2.24) is 4.98 Å². The normalized spacial score (nSPS) is 12.6. The summed E-state index contributed by atoms with van der Waals surface area (Å²) in [6.45, 7) is 5.54. The Kier molecular flexibility index (Phi) is 5.08. The zero-order chi connectivity index (χ0) is 18.8. The molecule has 134 valence electrons. The van der Waals surface area contributed by atoms with E-state index in [1.165, 1.54) is 0 Å². The molecular formula is C19H18BrN3O3. The first-order chi connectivity index (χ1) is 12.3. The number of fused-ring (bicyclic) bond motifs is 1. The number of nitrogens with one attached hydrogen (secondary N) is 1. The maximum absolute atomic E-state index is 12.2. The summed E-state index contributed by atoms with van der Waals surface area (Å²) >= 11 is 3.37. The molecule has 1 heterocycles. The van der Waals surface area contributed by atoms with Crippen LogP contribution in [0.1, 0.15) is 18.1 Å². The monoisotopic (exact) mass is 415 g/mol. The zero-order valence-electron chi connectivity index (χ0n) is 14.6. The summed E-state index contributed by atoms with van der Waals surface area (Å²) in [4.78, 5) is 15.0. The number of nitrogens with zero attached hydrogens (tertiary/aromatic N) is 2. The van der Waals surface area contributed by atoms with Crippen LogP contribution < -0.4 is 4.74 Å². The van der Waals surface area contributed by atoms with Crippen molar-refractivity contribution >= 4 is 38.4 Å². The molecule has 1 amide bonds. The maximum Gasteiger partial charge on any atom is 0.304 e. The molecule has 0 aliphatic carbocycles. The van der Waals surface area contributed by atoms with Crippen LogP contribution >= 0.6 is 15.9 Å². The molecule has 0 saturated carbocycles. The quantitative estimate of drug-likeness (QED) is 0.564. The van der Waals surface area contributed by atoms with E-state index in [1.54, 1.807) is 19.1 Å². The van der Waals surface area contributed by atoms with Crippen molar-refractivity contribution in [3.63, 3.8) is 0 Å². The second-order valence-corrected chi connectivity index (χ2v) is 7.05. The van der Waals surface area contributed by atoms with Crippen molar-refractivity contribution in [2.24, 2.45) is 10.2 Å². The molecule has 0 spiro atoms. The lowest BCUT2D eigenvalue weighted by Crippen LogP contribution is -2.21. The average molecular weight is 416 g/mol. The highest BCUT2D eigenvalue weighted by Crippen LogP contribution is 2.36. The molecule has 1 atom stereocenters. The number of aryl methyl sites for hydroxylation is 2. The molecule has 3 rings (SSSR count). The van der Waals surface area contributed by atoms with Crippen LogP contribution in [-0.2, 0) is 4.79 Å². The minimum atomic E-state index is -0.793. The molecule has 6 nitrogen and oxygen atoms in total. The topological polar surface area (TPSA) is 87.0 Å². The standard InChI is InChI=1S/C19H18BrN3O3/c1-10-6-11(2)8-14(7-10)26-12(3)18(24)23-22-17-15-9-13(20)4-5-16(15)21-19(17)25/h4-9,12,21,25H,1-3H3. The highest BCUT2D eigenvalue weighted by Gasteiger charge is 2.16. The van der Waals surface area contributed by atoms with Gasteiger partial charge in [-0.05, 0) is 62.2 Å². The van der Waals surface area contributed by atoms with Gasteiger partial charge in [-0.3, -0.25) is 4.79 Å². The summed E-state index contributed by atoms with van der Waals surface area (Å²) in [6.07, 6.45) is -0.793. The number of hydrogen-bond donors (Lipinski definition) is 2. The molecule has 0 radical (unpaired) electrons. The number of carbonyl (C=O) groups excluding carboxylic acids is 1. The lowest BCUT2D eigenvalue weighted by molar-refractivity contribution is -0.124. The van der Waals surface area contributed by atoms with Crippen LogP contribution in [0.2, 0.25) is 0 Å². The average Bonchev–Trinajstić information content (AvgIpc) is 2.86. The lowest BCUT2D eigenvalue weighted by atomic mass is 10.1. The van der Waals surface area contributed by atoms with Crippen LogP contribution in [0.25, 0.3) is 10.9 Å². The molecule has 2 N–H and O–H groups in total. The Morgan fingerprint density at radius 3 is 2.58 bits per heavy atom. The third-order valence-corrected chi connectivity index (χ3v) is 4.31. The van der Waals surface area contributed by atoms with Gasteiger partial charge in [-0.15, -0.1) is 10.2 Å². The van der Waals surface area contributed by atoms with Crippen LogP contribution in [0, 0.1) is 13.8 Å². The first-order valence-electron chi connectivity index (χ1n) is 8.04. The number of benzene rings is 2. The van der Waals surface area contributed by atoms with Gasteiger partial charge in [0.1, 0.15) is 5.75 Å². The second-order valence-electron chi connectivity index (χ2n) is 6.13. The number of aromatic nitrogens is 1. The molecule has 0 fully saturated rings. The minimum absolute atomic E-state index is 0.141. The van der Waals surface area contributed by atoms with E-state index in [0.717, 1.165) is 15.6 Å². The number of aromatic amines is 1. The van der Waals surface area contributed by atoms with E-state index in [2.05, 4.69) is 31.1 Å². The van der Waals surface area contributed by atoms with Crippen LogP contribution in [0.4, 0.5) is 5.69 Å². The fraction of sp³-hybridized carbons (Fsp3) is 0.211. The van der Waals surface area contributed by atoms with Gasteiger partial charge in [0.25, 0.3) is 0 Å². The third-order valence-electron chi connectivity index (χ3n) is 3.82. The Labute approximate surface area is 159 Å². The second kappa shape index (κ2) is 7.29. The number of rotatable bonds is 4. The molecule has 7 heteroatoms. The molecule has 3 aromatic rings. The first-order valence-corrected chi connectivity index (χ1v) is 8.83. The third kappa shape index (κ3) is 3.94. The molecule has 2 aromatic carbocycles. The summed E-state index contributed by atoms with van der Waals surface area (Å²) in [5.74, 6) is -0.0668. The van der Waals surface area contributed by atoms with Crippen molar-refractivity contribution in [2.75, 3.05) is 0 Å². The number of H-pyrrole nitrogens is 1. The molecule has 0 aliphatic rings. The highest BCUT2D eigenvalue weighted by molar-refractivity contribution is 9.10. The van der Waals surface area contributed by atoms with Crippen molar-refractivity contribution in [3.05, 3.63) is 52.0 Å². The molecule has 26 heavy (non-hydrogen) atoms. The zero-order valence-corrected chi connectivity index (χ0v) is 16.2. The minimum Gasteiger partial charge on any atom is -0.493 e. The number of ether oxygens (including phenoxy) is 1. The fourth-order valence-electron chi connectivity index (χ4n) is 2.67. The van der Waals surface area contributed by atoms with Gasteiger partial charge < -0.3 is 14.8 Å². The predicted octanol–water partition coefficient (Wildman–Crippen LogP) is 5.33. The Bertz CT molecular complexity index is 990. The van der Waals surface area contributed by atoms with E-state index in [4.69, 9.17) is 4.74 Å². The van der Waals surface area contributed by atoms with E-state index >= 15 is 0 Å². The van der Waals surface area contributed by atoms with E-state index < -0.39 is 12.0 Å². The first kappa shape index (κ1) is 18.1. The lowest BCUT2D eigenvalue weighted by Gasteiger charge is -2.12. The van der Waals surface area contributed by atoms with Gasteiger partial charge in [0.2, 0.25) is 5.88 Å². The van der Waals surface area contributed by atoms with E-state index in [0.29, 0.717) is 16.7 Å². The summed E-state index contributed by atoms with van der Waals surface area (Å²) in [7, 11) is 0. The summed E-state index contributed by atoms with van der Waals surface area (Å²) in [5, 5.41) is 18.3. The summed E-state index contributed by atoms with van der Waals surface area (Å²) in [6, 6.07) is 11.2. The Hall–Kier alpha value is -2.67. The molecule has 0 aliphatic heterocycles. The van der Waals surface area contributed by atoms with Gasteiger partial charge in [-0.1, -0.05) is 22.0 Å². The van der Waals surface area contributed by atoms with Gasteiger partial charge in [0.15, 0.2) is 11.8 Å². The maximum atomic E-state index is 12.2.